The number of rotatable bonds is 0. The van der Waals surface area contributed by atoms with Gasteiger partial charge in [0.05, 0.1) is 5.51 Å². The van der Waals surface area contributed by atoms with E-state index in [9.17, 15) is 0 Å². The highest BCUT2D eigenvalue weighted by Gasteiger charge is 1.59. The monoisotopic (exact) mass is 105 g/mol. The fraction of sp³-hybridized carbons (Fsp3) is 0. The minimum absolute atomic E-state index is 0. The summed E-state index contributed by atoms with van der Waals surface area (Å²) in [5, 5.41) is 1.93. The number of halogens is 1. The van der Waals surface area contributed by atoms with Crippen LogP contribution >= 0.6 is 11.3 Å². The number of thiazole rings is 1. The predicted molar refractivity (Wildman–Crippen MR) is 24.6 cm³/mol. The summed E-state index contributed by atoms with van der Waals surface area (Å²) in [6.45, 7) is 0. The van der Waals surface area contributed by atoms with E-state index in [0.29, 0.717) is 0 Å². The average Bonchev–Trinajstić information content (AvgIpc) is 1.76. The molecule has 0 aliphatic carbocycles. The van der Waals surface area contributed by atoms with Gasteiger partial charge in [0, 0.05) is 11.6 Å². The highest BCUT2D eigenvalue weighted by molar-refractivity contribution is 7.07. The van der Waals surface area contributed by atoms with Crippen LogP contribution in [0.25, 0.3) is 0 Å². The van der Waals surface area contributed by atoms with Crippen molar-refractivity contribution >= 4 is 11.3 Å². The second-order valence-corrected chi connectivity index (χ2v) is 1.43. The zero-order chi connectivity index (χ0) is 3.54. The van der Waals surface area contributed by atoms with Gasteiger partial charge in [0.2, 0.25) is 0 Å². The molecule has 1 nitrogen and oxygen atoms in total. The van der Waals surface area contributed by atoms with Gasteiger partial charge in [0.1, 0.15) is 0 Å². The Kier molecular flexibility index (Phi) is 2.58. The first-order valence-corrected chi connectivity index (χ1v) is 2.26. The summed E-state index contributed by atoms with van der Waals surface area (Å²) in [6, 6.07) is 0. The molecule has 1 heterocycles. The molecular formula is C3H4FNS. The number of aromatic nitrogens is 1. The molecule has 0 atom stereocenters. The summed E-state index contributed by atoms with van der Waals surface area (Å²) in [4.78, 5) is 3.74. The maximum absolute atomic E-state index is 3.74. The van der Waals surface area contributed by atoms with E-state index < -0.39 is 0 Å². The molecule has 3 heteroatoms. The third-order valence-corrected chi connectivity index (χ3v) is 0.869. The Balaban J connectivity index is 0.000000250. The Morgan fingerprint density at radius 3 is 2.50 bits per heavy atom. The van der Waals surface area contributed by atoms with E-state index in [1.165, 1.54) is 0 Å². The lowest BCUT2D eigenvalue weighted by Gasteiger charge is -1.41. The molecule has 0 amide bonds. The summed E-state index contributed by atoms with van der Waals surface area (Å²) < 4.78 is 0. The van der Waals surface area contributed by atoms with Crippen molar-refractivity contribution in [2.24, 2.45) is 0 Å². The van der Waals surface area contributed by atoms with Crippen LogP contribution in [0.2, 0.25) is 0 Å². The fourth-order valence-electron chi connectivity index (χ4n) is 0.176. The van der Waals surface area contributed by atoms with Gasteiger partial charge in [-0.1, -0.05) is 0 Å². The minimum Gasteiger partial charge on any atom is -0.269 e. The van der Waals surface area contributed by atoms with Gasteiger partial charge in [-0.25, -0.2) is 0 Å². The standard InChI is InChI=1S/C3H3NS.FH/c1-2-5-3-4-1;/h1-3H;1H. The van der Waals surface area contributed by atoms with Gasteiger partial charge in [-0.3, -0.25) is 9.69 Å². The van der Waals surface area contributed by atoms with E-state index in [4.69, 9.17) is 0 Å². The van der Waals surface area contributed by atoms with Gasteiger partial charge in [-0.15, -0.1) is 11.3 Å². The lowest BCUT2D eigenvalue weighted by atomic mass is 11.0. The average molecular weight is 105 g/mol. The van der Waals surface area contributed by atoms with Crippen molar-refractivity contribution in [1.82, 2.24) is 4.98 Å². The summed E-state index contributed by atoms with van der Waals surface area (Å²) in [5.74, 6) is 0. The van der Waals surface area contributed by atoms with Crippen molar-refractivity contribution in [3.63, 3.8) is 0 Å². The fourth-order valence-corrected chi connectivity index (χ4v) is 0.527. The molecule has 1 aromatic heterocycles. The van der Waals surface area contributed by atoms with Gasteiger partial charge in [0.15, 0.2) is 0 Å². The molecule has 0 unspecified atom stereocenters. The molecule has 0 aliphatic heterocycles. The van der Waals surface area contributed by atoms with E-state index >= 15 is 0 Å². The van der Waals surface area contributed by atoms with Crippen molar-refractivity contribution in [2.75, 3.05) is 0 Å². The highest BCUT2D eigenvalue weighted by Crippen LogP contribution is 1.85. The second kappa shape index (κ2) is 2.78. The zero-order valence-electron chi connectivity index (χ0n) is 3.00. The lowest BCUT2D eigenvalue weighted by Crippen LogP contribution is -1.38. The number of nitrogens with zero attached hydrogens (tertiary/aromatic N) is 1. The maximum atomic E-state index is 3.74. The van der Waals surface area contributed by atoms with Crippen LogP contribution in [0.5, 0.6) is 0 Å². The highest BCUT2D eigenvalue weighted by atomic mass is 32.1. The van der Waals surface area contributed by atoms with Gasteiger partial charge >= 0.3 is 0 Å². The third-order valence-electron chi connectivity index (χ3n) is 0.347. The van der Waals surface area contributed by atoms with E-state index in [2.05, 4.69) is 4.98 Å². The van der Waals surface area contributed by atoms with Crippen LogP contribution in [-0.2, 0) is 0 Å². The summed E-state index contributed by atoms with van der Waals surface area (Å²) in [7, 11) is 0. The Bertz CT molecular complexity index is 67.3. The van der Waals surface area contributed by atoms with Crippen LogP contribution in [0, 0.1) is 0 Å². The zero-order valence-corrected chi connectivity index (χ0v) is 3.81. The van der Waals surface area contributed by atoms with Crippen molar-refractivity contribution in [2.45, 2.75) is 0 Å². The lowest BCUT2D eigenvalue weighted by molar-refractivity contribution is 1.11. The Morgan fingerprint density at radius 2 is 2.33 bits per heavy atom. The minimum atomic E-state index is 0. The molecule has 0 saturated carbocycles. The van der Waals surface area contributed by atoms with E-state index in [1.54, 1.807) is 23.0 Å². The van der Waals surface area contributed by atoms with E-state index in [1.807, 2.05) is 5.38 Å². The van der Waals surface area contributed by atoms with Crippen LogP contribution in [0.4, 0.5) is 4.70 Å². The molecule has 1 aromatic rings. The first-order chi connectivity index (χ1) is 2.50. The van der Waals surface area contributed by atoms with Gasteiger partial charge < -0.3 is 0 Å². The quantitative estimate of drug-likeness (QED) is 0.484. The van der Waals surface area contributed by atoms with E-state index in [-0.39, 0.29) is 4.70 Å². The van der Waals surface area contributed by atoms with Gasteiger partial charge in [-0.05, 0) is 0 Å². The molecule has 0 radical (unpaired) electrons. The molecule has 0 bridgehead atoms. The smallest absolute Gasteiger partial charge is 0.0791 e. The normalized spacial score (nSPS) is 6.67. The summed E-state index contributed by atoms with van der Waals surface area (Å²) in [5.41, 5.74) is 1.79. The molecule has 0 saturated heterocycles. The van der Waals surface area contributed by atoms with Crippen molar-refractivity contribution in [3.05, 3.63) is 17.1 Å². The third kappa shape index (κ3) is 1.12. The summed E-state index contributed by atoms with van der Waals surface area (Å²) >= 11 is 1.60. The number of hydrogen-bond acceptors (Lipinski definition) is 2. The summed E-state index contributed by atoms with van der Waals surface area (Å²) in [6.07, 6.45) is 1.77. The van der Waals surface area contributed by atoms with Gasteiger partial charge in [-0.2, -0.15) is 0 Å². The molecule has 34 valence electrons. The van der Waals surface area contributed by atoms with Crippen LogP contribution in [0.15, 0.2) is 17.1 Å². The largest absolute Gasteiger partial charge is 0.269 e. The van der Waals surface area contributed by atoms with Crippen molar-refractivity contribution in [1.29, 1.82) is 0 Å². The SMILES string of the molecule is F.c1cscn1. The molecule has 0 spiro atoms. The first-order valence-electron chi connectivity index (χ1n) is 1.32. The van der Waals surface area contributed by atoms with Crippen LogP contribution in [0.1, 0.15) is 0 Å². The maximum Gasteiger partial charge on any atom is 0.0791 e. The molecule has 0 N–H and O–H groups in total. The molecule has 0 aliphatic rings. The predicted octanol–water partition coefficient (Wildman–Crippen LogP) is 1.30. The Labute approximate surface area is 39.0 Å². The van der Waals surface area contributed by atoms with Gasteiger partial charge in [0.25, 0.3) is 0 Å². The van der Waals surface area contributed by atoms with Crippen LogP contribution in [0.3, 0.4) is 0 Å². The molecular weight excluding hydrogens is 101 g/mol. The van der Waals surface area contributed by atoms with Crippen LogP contribution in [-0.4, -0.2) is 4.98 Å². The Hall–Kier alpha value is -0.440. The molecule has 1 rings (SSSR count). The van der Waals surface area contributed by atoms with Crippen LogP contribution < -0.4 is 0 Å². The molecule has 0 fully saturated rings. The topological polar surface area (TPSA) is 12.9 Å². The Morgan fingerprint density at radius 1 is 1.50 bits per heavy atom. The van der Waals surface area contributed by atoms with E-state index in [0.717, 1.165) is 0 Å². The first kappa shape index (κ1) is 5.56. The van der Waals surface area contributed by atoms with Crippen molar-refractivity contribution in [3.8, 4) is 0 Å². The van der Waals surface area contributed by atoms with Crippen molar-refractivity contribution < 1.29 is 4.70 Å². The molecule has 6 heavy (non-hydrogen) atoms. The molecule has 0 aromatic carbocycles. The number of hydrogen-bond donors (Lipinski definition) is 0. The second-order valence-electron chi connectivity index (χ2n) is 0.676.